The summed E-state index contributed by atoms with van der Waals surface area (Å²) in [6.07, 6.45) is 1.47. The number of nitrogens with one attached hydrogen (secondary N) is 1. The maximum absolute atomic E-state index is 12.5. The molecule has 1 fully saturated rings. The Kier molecular flexibility index (Phi) is 5.94. The number of rotatable bonds is 8. The first kappa shape index (κ1) is 18.9. The van der Waals surface area contributed by atoms with Crippen molar-refractivity contribution in [2.24, 2.45) is 0 Å². The highest BCUT2D eigenvalue weighted by Gasteiger charge is 2.27. The molecule has 0 amide bonds. The summed E-state index contributed by atoms with van der Waals surface area (Å²) in [7, 11) is -3.64. The normalized spacial score (nSPS) is 15.6. The van der Waals surface area contributed by atoms with Gasteiger partial charge in [0.05, 0.1) is 11.6 Å². The van der Waals surface area contributed by atoms with Gasteiger partial charge in [0, 0.05) is 31.1 Å². The van der Waals surface area contributed by atoms with Gasteiger partial charge in [-0.3, -0.25) is 9.11 Å². The second kappa shape index (κ2) is 8.18. The van der Waals surface area contributed by atoms with E-state index < -0.39 is 16.7 Å². The van der Waals surface area contributed by atoms with Crippen LogP contribution in [0.1, 0.15) is 30.4 Å². The van der Waals surface area contributed by atoms with Gasteiger partial charge in [-0.05, 0) is 48.4 Å². The van der Waals surface area contributed by atoms with Crippen molar-refractivity contribution in [1.29, 1.82) is 0 Å². The van der Waals surface area contributed by atoms with Crippen molar-refractivity contribution in [3.05, 3.63) is 59.7 Å². The number of aryl methyl sites for hydroxylation is 1. The minimum atomic E-state index is -3.64. The van der Waals surface area contributed by atoms with Crippen LogP contribution < -0.4 is 4.72 Å². The first-order valence-corrected chi connectivity index (χ1v) is 10.5. The molecule has 0 atom stereocenters. The van der Waals surface area contributed by atoms with E-state index in [4.69, 9.17) is 0 Å². The number of hydrogen-bond acceptors (Lipinski definition) is 3. The fourth-order valence-electron chi connectivity index (χ4n) is 3.26. The Morgan fingerprint density at radius 1 is 1.08 bits per heavy atom. The molecule has 1 N–H and O–H groups in total. The lowest BCUT2D eigenvalue weighted by Gasteiger charge is -2.39. The maximum Gasteiger partial charge on any atom is 0.261 e. The number of alkyl halides is 1. The van der Waals surface area contributed by atoms with E-state index in [0.717, 1.165) is 25.2 Å². The van der Waals surface area contributed by atoms with Gasteiger partial charge >= 0.3 is 0 Å². The molecule has 0 aliphatic carbocycles. The van der Waals surface area contributed by atoms with E-state index in [1.165, 1.54) is 24.1 Å². The van der Waals surface area contributed by atoms with Gasteiger partial charge in [0.2, 0.25) is 0 Å². The number of benzene rings is 2. The Hall–Kier alpha value is -1.92. The van der Waals surface area contributed by atoms with Crippen LogP contribution in [-0.4, -0.2) is 39.6 Å². The third-order valence-electron chi connectivity index (χ3n) is 4.75. The highest BCUT2D eigenvalue weighted by molar-refractivity contribution is 7.92. The van der Waals surface area contributed by atoms with Crippen molar-refractivity contribution < 1.29 is 12.8 Å². The molecule has 0 saturated carbocycles. The van der Waals surface area contributed by atoms with E-state index in [2.05, 4.69) is 16.5 Å². The summed E-state index contributed by atoms with van der Waals surface area (Å²) in [6, 6.07) is 13.9. The van der Waals surface area contributed by atoms with Crippen LogP contribution in [0.15, 0.2) is 53.4 Å². The van der Waals surface area contributed by atoms with Crippen molar-refractivity contribution in [2.75, 3.05) is 31.0 Å². The highest BCUT2D eigenvalue weighted by Crippen LogP contribution is 2.28. The third kappa shape index (κ3) is 4.43. The van der Waals surface area contributed by atoms with Crippen molar-refractivity contribution in [2.45, 2.75) is 30.6 Å². The van der Waals surface area contributed by atoms with Crippen LogP contribution in [0.5, 0.6) is 0 Å². The SMILES string of the molecule is CCCN1CC(c2ccc(NS(=O)(=O)c3ccc(CCF)cc3)cc2)C1. The predicted octanol–water partition coefficient (Wildman–Crippen LogP) is 3.81. The van der Waals surface area contributed by atoms with Crippen molar-refractivity contribution in [1.82, 2.24) is 4.90 Å². The molecule has 3 rings (SSSR count). The van der Waals surface area contributed by atoms with Crippen LogP contribution in [0.4, 0.5) is 10.1 Å². The van der Waals surface area contributed by atoms with Crippen molar-refractivity contribution in [3.63, 3.8) is 0 Å². The van der Waals surface area contributed by atoms with Crippen LogP contribution in [0.3, 0.4) is 0 Å². The van der Waals surface area contributed by atoms with Gasteiger partial charge in [0.15, 0.2) is 0 Å². The summed E-state index contributed by atoms with van der Waals surface area (Å²) in [5.74, 6) is 0.537. The highest BCUT2D eigenvalue weighted by atomic mass is 32.2. The van der Waals surface area contributed by atoms with Gasteiger partial charge in [-0.15, -0.1) is 0 Å². The minimum Gasteiger partial charge on any atom is -0.302 e. The summed E-state index contributed by atoms with van der Waals surface area (Å²) in [4.78, 5) is 2.60. The van der Waals surface area contributed by atoms with E-state index >= 15 is 0 Å². The molecule has 1 aliphatic rings. The molecule has 2 aromatic carbocycles. The largest absolute Gasteiger partial charge is 0.302 e. The number of sulfonamides is 1. The minimum absolute atomic E-state index is 0.179. The Morgan fingerprint density at radius 3 is 2.31 bits per heavy atom. The predicted molar refractivity (Wildman–Crippen MR) is 103 cm³/mol. The summed E-state index contributed by atoms with van der Waals surface area (Å²) < 4.78 is 39.9. The number of likely N-dealkylation sites (tertiary alicyclic amines) is 1. The summed E-state index contributed by atoms with van der Waals surface area (Å²) in [5, 5.41) is 0. The lowest BCUT2D eigenvalue weighted by Crippen LogP contribution is -2.45. The Morgan fingerprint density at radius 2 is 1.73 bits per heavy atom. The van der Waals surface area contributed by atoms with Gasteiger partial charge in [0.25, 0.3) is 10.0 Å². The molecule has 6 heteroatoms. The summed E-state index contributed by atoms with van der Waals surface area (Å²) in [5.41, 5.74) is 2.58. The zero-order valence-corrected chi connectivity index (χ0v) is 15.8. The molecule has 0 unspecified atom stereocenters. The number of hydrogen-bond donors (Lipinski definition) is 1. The van der Waals surface area contributed by atoms with Crippen molar-refractivity contribution >= 4 is 15.7 Å². The second-order valence-electron chi connectivity index (χ2n) is 6.77. The molecule has 0 aromatic heterocycles. The molecule has 1 aliphatic heterocycles. The molecule has 140 valence electrons. The molecule has 1 saturated heterocycles. The Bertz CT molecular complexity index is 814. The smallest absolute Gasteiger partial charge is 0.261 e. The number of anilines is 1. The zero-order chi connectivity index (χ0) is 18.6. The average molecular weight is 376 g/mol. The average Bonchev–Trinajstić information content (AvgIpc) is 2.59. The molecule has 4 nitrogen and oxygen atoms in total. The van der Waals surface area contributed by atoms with E-state index in [1.54, 1.807) is 12.1 Å². The van der Waals surface area contributed by atoms with Gasteiger partial charge < -0.3 is 4.90 Å². The fraction of sp³-hybridized carbons (Fsp3) is 0.400. The van der Waals surface area contributed by atoms with Gasteiger partial charge in [-0.1, -0.05) is 31.2 Å². The Balaban J connectivity index is 1.63. The third-order valence-corrected chi connectivity index (χ3v) is 6.15. The molecule has 1 heterocycles. The van der Waals surface area contributed by atoms with Crippen LogP contribution in [0.2, 0.25) is 0 Å². The van der Waals surface area contributed by atoms with E-state index in [9.17, 15) is 12.8 Å². The van der Waals surface area contributed by atoms with Crippen molar-refractivity contribution in [3.8, 4) is 0 Å². The molecule has 26 heavy (non-hydrogen) atoms. The molecular formula is C20H25FN2O2S. The monoisotopic (exact) mass is 376 g/mol. The van der Waals surface area contributed by atoms with Gasteiger partial charge in [0.1, 0.15) is 0 Å². The molecule has 0 radical (unpaired) electrons. The lowest BCUT2D eigenvalue weighted by molar-refractivity contribution is 0.149. The molecular weight excluding hydrogens is 351 g/mol. The first-order valence-electron chi connectivity index (χ1n) is 9.02. The van der Waals surface area contributed by atoms with E-state index in [0.29, 0.717) is 18.0 Å². The second-order valence-corrected chi connectivity index (χ2v) is 8.45. The number of halogens is 1. The molecule has 0 spiro atoms. The van der Waals surface area contributed by atoms with E-state index in [1.807, 2.05) is 24.3 Å². The van der Waals surface area contributed by atoms with Crippen LogP contribution in [0.25, 0.3) is 0 Å². The van der Waals surface area contributed by atoms with Gasteiger partial charge in [-0.2, -0.15) is 0 Å². The maximum atomic E-state index is 12.5. The topological polar surface area (TPSA) is 49.4 Å². The first-order chi connectivity index (χ1) is 12.5. The van der Waals surface area contributed by atoms with E-state index in [-0.39, 0.29) is 4.90 Å². The zero-order valence-electron chi connectivity index (χ0n) is 15.0. The Labute approximate surface area is 155 Å². The lowest BCUT2D eigenvalue weighted by atomic mass is 9.91. The van der Waals surface area contributed by atoms with Crippen LogP contribution >= 0.6 is 0 Å². The molecule has 2 aromatic rings. The fourth-order valence-corrected chi connectivity index (χ4v) is 4.32. The van der Waals surface area contributed by atoms with Crippen LogP contribution in [0, 0.1) is 0 Å². The molecule has 0 bridgehead atoms. The number of nitrogens with zero attached hydrogens (tertiary/aromatic N) is 1. The van der Waals surface area contributed by atoms with Gasteiger partial charge in [-0.25, -0.2) is 8.42 Å². The standard InChI is InChI=1S/C20H25FN2O2S/c1-2-13-23-14-18(15-23)17-5-7-19(8-6-17)22-26(24,25)20-9-3-16(4-10-20)11-12-21/h3-10,18,22H,2,11-15H2,1H3. The summed E-state index contributed by atoms with van der Waals surface area (Å²) in [6.45, 7) is 5.02. The summed E-state index contributed by atoms with van der Waals surface area (Å²) >= 11 is 0. The van der Waals surface area contributed by atoms with Crippen LogP contribution in [-0.2, 0) is 16.4 Å². The quantitative estimate of drug-likeness (QED) is 0.762.